The van der Waals surface area contributed by atoms with E-state index >= 15 is 0 Å². The van der Waals surface area contributed by atoms with E-state index in [1.54, 1.807) is 60.7 Å². The van der Waals surface area contributed by atoms with Crippen LogP contribution in [0.3, 0.4) is 0 Å². The van der Waals surface area contributed by atoms with Gasteiger partial charge in [0.05, 0.1) is 15.9 Å². The highest BCUT2D eigenvalue weighted by atomic mass is 79.9. The van der Waals surface area contributed by atoms with E-state index in [2.05, 4.69) is 15.9 Å². The number of hydrogen-bond acceptors (Lipinski definition) is 4. The molecule has 3 aromatic rings. The molecular weight excluding hydrogens is 604 g/mol. The van der Waals surface area contributed by atoms with Gasteiger partial charge in [0.2, 0.25) is 0 Å². The summed E-state index contributed by atoms with van der Waals surface area (Å²) in [5, 5.41) is 1.49. The molecule has 0 radical (unpaired) electrons. The molecule has 4 rings (SSSR count). The highest BCUT2D eigenvalue weighted by Gasteiger charge is 2.35. The first-order valence-corrected chi connectivity index (χ1v) is 12.9. The van der Waals surface area contributed by atoms with Gasteiger partial charge < -0.3 is 4.74 Å². The van der Waals surface area contributed by atoms with Crippen LogP contribution in [0.25, 0.3) is 6.08 Å². The van der Waals surface area contributed by atoms with E-state index in [9.17, 15) is 9.59 Å². The van der Waals surface area contributed by atoms with Crippen molar-refractivity contribution in [1.29, 1.82) is 0 Å². The predicted molar refractivity (Wildman–Crippen MR) is 143 cm³/mol. The number of thioether (sulfide) groups is 1. The topological polar surface area (TPSA) is 46.6 Å². The number of amides is 2. The molecule has 0 saturated carbocycles. The Hall–Kier alpha value is -1.67. The second-order valence-corrected chi connectivity index (χ2v) is 10.7. The van der Waals surface area contributed by atoms with E-state index in [0.717, 1.165) is 27.8 Å². The fourth-order valence-corrected chi connectivity index (χ4v) is 5.48. The zero-order chi connectivity index (χ0) is 24.4. The van der Waals surface area contributed by atoms with Crippen LogP contribution < -0.4 is 4.74 Å². The molecule has 0 spiro atoms. The number of imide groups is 1. The number of benzene rings is 3. The molecular formula is C24H14BrCl4NO3S. The average molecular weight is 618 g/mol. The molecule has 1 saturated heterocycles. The second kappa shape index (κ2) is 10.9. The van der Waals surface area contributed by atoms with E-state index in [1.807, 2.05) is 0 Å². The Morgan fingerprint density at radius 2 is 1.68 bits per heavy atom. The summed E-state index contributed by atoms with van der Waals surface area (Å²) in [5.41, 5.74) is 2.05. The molecule has 4 nitrogen and oxygen atoms in total. The molecule has 0 unspecified atom stereocenters. The van der Waals surface area contributed by atoms with Crippen molar-refractivity contribution in [3.63, 3.8) is 0 Å². The molecule has 1 heterocycles. The molecule has 0 atom stereocenters. The Labute approximate surface area is 228 Å². The Balaban J connectivity index is 1.48. The second-order valence-electron chi connectivity index (χ2n) is 7.18. The molecule has 1 aliphatic rings. The lowest BCUT2D eigenvalue weighted by molar-refractivity contribution is -0.123. The fraction of sp³-hybridized carbons (Fsp3) is 0.0833. The Morgan fingerprint density at radius 1 is 0.941 bits per heavy atom. The van der Waals surface area contributed by atoms with Gasteiger partial charge in [-0.25, -0.2) is 0 Å². The van der Waals surface area contributed by atoms with Gasteiger partial charge in [0.1, 0.15) is 12.4 Å². The maximum Gasteiger partial charge on any atom is 0.293 e. The van der Waals surface area contributed by atoms with Gasteiger partial charge in [-0.1, -0.05) is 64.6 Å². The Kier molecular flexibility index (Phi) is 8.18. The van der Waals surface area contributed by atoms with Crippen molar-refractivity contribution < 1.29 is 14.3 Å². The zero-order valence-corrected chi connectivity index (χ0v) is 22.6. The third-order valence-electron chi connectivity index (χ3n) is 4.90. The molecule has 0 N–H and O–H groups in total. The smallest absolute Gasteiger partial charge is 0.293 e. The summed E-state index contributed by atoms with van der Waals surface area (Å²) in [6.07, 6.45) is 1.66. The molecule has 0 aromatic heterocycles. The van der Waals surface area contributed by atoms with Gasteiger partial charge in [-0.3, -0.25) is 14.5 Å². The maximum atomic E-state index is 12.9. The normalized spacial score (nSPS) is 14.9. The van der Waals surface area contributed by atoms with Crippen molar-refractivity contribution in [3.05, 3.63) is 101 Å². The van der Waals surface area contributed by atoms with Gasteiger partial charge in [-0.2, -0.15) is 0 Å². The number of rotatable bonds is 6. The van der Waals surface area contributed by atoms with Crippen molar-refractivity contribution in [1.82, 2.24) is 4.90 Å². The number of nitrogens with zero attached hydrogens (tertiary/aromatic N) is 1. The van der Waals surface area contributed by atoms with Crippen molar-refractivity contribution in [2.24, 2.45) is 0 Å². The van der Waals surface area contributed by atoms with Gasteiger partial charge >= 0.3 is 0 Å². The number of ether oxygens (including phenoxy) is 1. The first-order valence-electron chi connectivity index (χ1n) is 9.77. The quantitative estimate of drug-likeness (QED) is 0.259. The molecule has 174 valence electrons. The van der Waals surface area contributed by atoms with Crippen LogP contribution in [0, 0.1) is 0 Å². The van der Waals surface area contributed by atoms with Gasteiger partial charge in [0.15, 0.2) is 0 Å². The van der Waals surface area contributed by atoms with Crippen LogP contribution in [-0.4, -0.2) is 16.0 Å². The van der Waals surface area contributed by atoms with E-state index in [4.69, 9.17) is 51.1 Å². The fourth-order valence-electron chi connectivity index (χ4n) is 3.15. The molecule has 2 amide bonds. The number of carbonyl (C=O) groups is 2. The summed E-state index contributed by atoms with van der Waals surface area (Å²) < 4.78 is 6.55. The summed E-state index contributed by atoms with van der Waals surface area (Å²) in [4.78, 5) is 26.8. The van der Waals surface area contributed by atoms with Crippen molar-refractivity contribution in [3.8, 4) is 5.75 Å². The van der Waals surface area contributed by atoms with Crippen LogP contribution in [0.15, 0.2) is 64.0 Å². The summed E-state index contributed by atoms with van der Waals surface area (Å²) in [7, 11) is 0. The Bertz CT molecular complexity index is 1310. The maximum absolute atomic E-state index is 12.9. The monoisotopic (exact) mass is 615 g/mol. The molecule has 34 heavy (non-hydrogen) atoms. The first-order chi connectivity index (χ1) is 16.2. The van der Waals surface area contributed by atoms with E-state index < -0.39 is 5.91 Å². The lowest BCUT2D eigenvalue weighted by Crippen LogP contribution is -2.27. The summed E-state index contributed by atoms with van der Waals surface area (Å²) in [6, 6.07) is 15.6. The average Bonchev–Trinajstić information content (AvgIpc) is 3.04. The van der Waals surface area contributed by atoms with Crippen LogP contribution in [0.5, 0.6) is 5.75 Å². The third-order valence-corrected chi connectivity index (χ3v) is 7.73. The molecule has 10 heteroatoms. The molecule has 3 aromatic carbocycles. The molecule has 1 fully saturated rings. The van der Waals surface area contributed by atoms with Crippen LogP contribution >= 0.6 is 74.1 Å². The van der Waals surface area contributed by atoms with Crippen LogP contribution in [-0.2, 0) is 17.9 Å². The number of hydrogen-bond donors (Lipinski definition) is 0. The van der Waals surface area contributed by atoms with Crippen LogP contribution in [0.4, 0.5) is 4.79 Å². The van der Waals surface area contributed by atoms with Crippen molar-refractivity contribution >= 4 is 91.3 Å². The molecule has 1 aliphatic heterocycles. The Morgan fingerprint density at radius 3 is 2.35 bits per heavy atom. The minimum atomic E-state index is -0.403. The molecule has 0 bridgehead atoms. The third kappa shape index (κ3) is 5.76. The summed E-state index contributed by atoms with van der Waals surface area (Å²) in [5.74, 6) is 0.199. The minimum absolute atomic E-state index is 0.00421. The highest BCUT2D eigenvalue weighted by Crippen LogP contribution is 2.36. The number of halogens is 5. The lowest BCUT2D eigenvalue weighted by atomic mass is 10.2. The van der Waals surface area contributed by atoms with Gasteiger partial charge in [0.25, 0.3) is 11.1 Å². The largest absolute Gasteiger partial charge is 0.488 e. The van der Waals surface area contributed by atoms with E-state index in [0.29, 0.717) is 40.8 Å². The summed E-state index contributed by atoms with van der Waals surface area (Å²) in [6.45, 7) is 0.266. The lowest BCUT2D eigenvalue weighted by Gasteiger charge is -2.14. The standard InChI is InChI=1S/C24H14BrCl4NO3S/c25-17-8-13(4-7-21(17)33-12-14-5-6-15(26)10-20(14)29)9-22-23(31)30(24(32)34-22)11-16-18(27)2-1-3-19(16)28/h1-10H,11-12H2/b22-9+. The molecule has 0 aliphatic carbocycles. The zero-order valence-electron chi connectivity index (χ0n) is 17.2. The van der Waals surface area contributed by atoms with Gasteiger partial charge in [-0.15, -0.1) is 0 Å². The van der Waals surface area contributed by atoms with Crippen molar-refractivity contribution in [2.75, 3.05) is 0 Å². The SMILES string of the molecule is O=C1S/C(=C/c2ccc(OCc3ccc(Cl)cc3Cl)c(Br)c2)C(=O)N1Cc1c(Cl)cccc1Cl. The van der Waals surface area contributed by atoms with Crippen molar-refractivity contribution in [2.45, 2.75) is 13.2 Å². The van der Waals surface area contributed by atoms with Gasteiger partial charge in [0, 0.05) is 31.2 Å². The van der Waals surface area contributed by atoms with E-state index in [-0.39, 0.29) is 18.4 Å². The number of carbonyl (C=O) groups excluding carboxylic acids is 2. The highest BCUT2D eigenvalue weighted by molar-refractivity contribution is 9.10. The predicted octanol–water partition coefficient (Wildman–Crippen LogP) is 8.88. The van der Waals surface area contributed by atoms with E-state index in [1.165, 1.54) is 0 Å². The van der Waals surface area contributed by atoms with Gasteiger partial charge in [-0.05, 0) is 75.7 Å². The summed E-state index contributed by atoms with van der Waals surface area (Å²) >= 11 is 28.9. The van der Waals surface area contributed by atoms with Crippen LogP contribution in [0.2, 0.25) is 20.1 Å². The first kappa shape index (κ1) is 25.4. The van der Waals surface area contributed by atoms with Crippen LogP contribution in [0.1, 0.15) is 16.7 Å². The minimum Gasteiger partial charge on any atom is -0.488 e.